The number of hydrogen-bond donors (Lipinski definition) is 2. The SMILES string of the molecule is Cc1nccc(Sc2c(N)nc(N3CCC4(CC3)CO[C@@H](C)[C@H]4N)n(C)c2=O)c1Cl. The van der Waals surface area contributed by atoms with Crippen molar-refractivity contribution in [1.29, 1.82) is 0 Å². The van der Waals surface area contributed by atoms with Crippen molar-refractivity contribution in [3.05, 3.63) is 33.3 Å². The molecule has 0 radical (unpaired) electrons. The van der Waals surface area contributed by atoms with Crippen LogP contribution >= 0.6 is 23.4 Å². The standard InChI is InChI=1S/C20H27ClN6O2S/c1-11-14(21)13(4-7-24-11)30-15-17(23)25-19(26(3)18(15)28)27-8-5-20(6-9-27)10-29-12(2)16(20)22/h4,7,12,16H,5-6,8-10,22-23H2,1-3H3/t12-,16+/m0/s1. The van der Waals surface area contributed by atoms with E-state index >= 15 is 0 Å². The number of piperidine rings is 1. The van der Waals surface area contributed by atoms with Crippen molar-refractivity contribution in [2.45, 2.75) is 48.6 Å². The summed E-state index contributed by atoms with van der Waals surface area (Å²) in [6.45, 7) is 6.06. The number of nitrogen functional groups attached to an aromatic ring is 1. The van der Waals surface area contributed by atoms with Gasteiger partial charge in [-0.05, 0) is 32.8 Å². The van der Waals surface area contributed by atoms with Gasteiger partial charge in [0.25, 0.3) is 5.56 Å². The maximum Gasteiger partial charge on any atom is 0.270 e. The van der Waals surface area contributed by atoms with Gasteiger partial charge in [0.05, 0.1) is 23.4 Å². The highest BCUT2D eigenvalue weighted by Gasteiger charge is 2.47. The second-order valence-corrected chi connectivity index (χ2v) is 9.62. The van der Waals surface area contributed by atoms with Crippen LogP contribution in [0.4, 0.5) is 11.8 Å². The van der Waals surface area contributed by atoms with Crippen LogP contribution in [0.25, 0.3) is 0 Å². The number of nitrogens with zero attached hydrogens (tertiary/aromatic N) is 4. The average Bonchev–Trinajstić information content (AvgIpc) is 3.00. The van der Waals surface area contributed by atoms with Gasteiger partial charge in [0, 0.05) is 42.7 Å². The van der Waals surface area contributed by atoms with Crippen LogP contribution in [0.15, 0.2) is 26.8 Å². The second kappa shape index (κ2) is 8.03. The first-order chi connectivity index (χ1) is 14.2. The van der Waals surface area contributed by atoms with Crippen LogP contribution in [0.5, 0.6) is 0 Å². The molecule has 4 heterocycles. The molecule has 4 N–H and O–H groups in total. The lowest BCUT2D eigenvalue weighted by atomic mass is 9.73. The van der Waals surface area contributed by atoms with Crippen molar-refractivity contribution in [1.82, 2.24) is 14.5 Å². The highest BCUT2D eigenvalue weighted by atomic mass is 35.5. The summed E-state index contributed by atoms with van der Waals surface area (Å²) in [5, 5.41) is 0.513. The van der Waals surface area contributed by atoms with Crippen LogP contribution in [0.1, 0.15) is 25.5 Å². The van der Waals surface area contributed by atoms with E-state index in [1.807, 2.05) is 13.8 Å². The van der Waals surface area contributed by atoms with E-state index in [0.29, 0.717) is 28.2 Å². The van der Waals surface area contributed by atoms with Gasteiger partial charge in [0.1, 0.15) is 10.7 Å². The van der Waals surface area contributed by atoms with Gasteiger partial charge in [-0.25, -0.2) is 0 Å². The van der Waals surface area contributed by atoms with Gasteiger partial charge in [0.15, 0.2) is 0 Å². The van der Waals surface area contributed by atoms with Crippen molar-refractivity contribution in [2.24, 2.45) is 18.2 Å². The van der Waals surface area contributed by atoms with Crippen molar-refractivity contribution in [3.63, 3.8) is 0 Å². The third kappa shape index (κ3) is 3.57. The average molecular weight is 451 g/mol. The van der Waals surface area contributed by atoms with Crippen molar-refractivity contribution in [2.75, 3.05) is 30.3 Å². The summed E-state index contributed by atoms with van der Waals surface area (Å²) in [5.41, 5.74) is 13.1. The molecule has 2 fully saturated rings. The first-order valence-corrected chi connectivity index (χ1v) is 11.2. The predicted octanol–water partition coefficient (Wildman–Crippen LogP) is 2.20. The lowest BCUT2D eigenvalue weighted by molar-refractivity contribution is 0.0973. The normalized spacial score (nSPS) is 23.3. The molecule has 8 nitrogen and oxygen atoms in total. The molecule has 0 bridgehead atoms. The van der Waals surface area contributed by atoms with Gasteiger partial charge in [-0.1, -0.05) is 23.4 Å². The van der Waals surface area contributed by atoms with Gasteiger partial charge in [-0.15, -0.1) is 0 Å². The molecule has 0 aromatic carbocycles. The van der Waals surface area contributed by atoms with Crippen molar-refractivity contribution >= 4 is 35.1 Å². The van der Waals surface area contributed by atoms with Gasteiger partial charge in [-0.3, -0.25) is 14.3 Å². The zero-order valence-electron chi connectivity index (χ0n) is 17.4. The molecule has 2 aliphatic heterocycles. The highest BCUT2D eigenvalue weighted by Crippen LogP contribution is 2.42. The molecule has 10 heteroatoms. The lowest BCUT2D eigenvalue weighted by Crippen LogP contribution is -2.51. The fraction of sp³-hybridized carbons (Fsp3) is 0.550. The van der Waals surface area contributed by atoms with E-state index in [0.717, 1.165) is 30.8 Å². The Kier molecular flexibility index (Phi) is 5.73. The molecule has 2 aliphatic rings. The van der Waals surface area contributed by atoms with Crippen LogP contribution in [-0.2, 0) is 11.8 Å². The second-order valence-electron chi connectivity index (χ2n) is 8.19. The summed E-state index contributed by atoms with van der Waals surface area (Å²) in [4.78, 5) is 25.0. The number of nitrogens with two attached hydrogens (primary N) is 2. The van der Waals surface area contributed by atoms with Gasteiger partial charge in [0.2, 0.25) is 5.95 Å². The molecule has 0 amide bonds. The molecule has 4 rings (SSSR count). The molecule has 2 aromatic rings. The number of ether oxygens (including phenoxy) is 1. The Hall–Kier alpha value is -1.81. The Balaban J connectivity index is 1.58. The van der Waals surface area contributed by atoms with E-state index in [1.54, 1.807) is 23.9 Å². The maximum atomic E-state index is 13.1. The van der Waals surface area contributed by atoms with Gasteiger partial charge in [-0.2, -0.15) is 4.98 Å². The maximum absolute atomic E-state index is 13.1. The van der Waals surface area contributed by atoms with E-state index in [4.69, 9.17) is 27.8 Å². The predicted molar refractivity (Wildman–Crippen MR) is 119 cm³/mol. The molecule has 0 unspecified atom stereocenters. The van der Waals surface area contributed by atoms with Crippen molar-refractivity contribution < 1.29 is 4.74 Å². The fourth-order valence-electron chi connectivity index (χ4n) is 4.30. The highest BCUT2D eigenvalue weighted by molar-refractivity contribution is 7.99. The first-order valence-electron chi connectivity index (χ1n) is 10.0. The summed E-state index contributed by atoms with van der Waals surface area (Å²) >= 11 is 7.56. The van der Waals surface area contributed by atoms with Crippen LogP contribution < -0.4 is 21.9 Å². The monoisotopic (exact) mass is 450 g/mol. The van der Waals surface area contributed by atoms with Crippen LogP contribution in [0.2, 0.25) is 5.02 Å². The first kappa shape index (κ1) is 21.4. The molecular formula is C20H27ClN6O2S. The Morgan fingerprint density at radius 2 is 2.07 bits per heavy atom. The number of halogens is 1. The number of pyridine rings is 1. The third-order valence-electron chi connectivity index (χ3n) is 6.38. The Morgan fingerprint density at radius 1 is 1.37 bits per heavy atom. The van der Waals surface area contributed by atoms with E-state index in [2.05, 4.69) is 14.9 Å². The summed E-state index contributed by atoms with van der Waals surface area (Å²) in [7, 11) is 1.73. The van der Waals surface area contributed by atoms with E-state index in [-0.39, 0.29) is 28.9 Å². The Morgan fingerprint density at radius 3 is 2.70 bits per heavy atom. The summed E-state index contributed by atoms with van der Waals surface area (Å²) in [6, 6.07) is 1.80. The van der Waals surface area contributed by atoms with Crippen LogP contribution in [0, 0.1) is 12.3 Å². The molecule has 2 atom stereocenters. The van der Waals surface area contributed by atoms with Crippen molar-refractivity contribution in [3.8, 4) is 0 Å². The lowest BCUT2D eigenvalue weighted by Gasteiger charge is -2.41. The van der Waals surface area contributed by atoms with Gasteiger partial charge >= 0.3 is 0 Å². The number of rotatable bonds is 3. The minimum Gasteiger partial charge on any atom is -0.382 e. The minimum atomic E-state index is -0.192. The number of anilines is 2. The third-order valence-corrected chi connectivity index (χ3v) is 8.12. The smallest absolute Gasteiger partial charge is 0.270 e. The minimum absolute atomic E-state index is 0.00603. The zero-order valence-corrected chi connectivity index (χ0v) is 19.0. The Labute approximate surface area is 185 Å². The van der Waals surface area contributed by atoms with E-state index in [1.165, 1.54) is 11.8 Å². The topological polar surface area (TPSA) is 112 Å². The van der Waals surface area contributed by atoms with E-state index < -0.39 is 0 Å². The number of aromatic nitrogens is 3. The number of hydrogen-bond acceptors (Lipinski definition) is 8. The largest absolute Gasteiger partial charge is 0.382 e. The fourth-order valence-corrected chi connectivity index (χ4v) is 5.49. The van der Waals surface area contributed by atoms with Gasteiger partial charge < -0.3 is 21.1 Å². The molecule has 162 valence electrons. The van der Waals surface area contributed by atoms with E-state index in [9.17, 15) is 4.79 Å². The molecular weight excluding hydrogens is 424 g/mol. The van der Waals surface area contributed by atoms with Crippen LogP contribution in [-0.4, -0.2) is 46.4 Å². The molecule has 2 aromatic heterocycles. The number of aryl methyl sites for hydroxylation is 1. The molecule has 1 spiro atoms. The summed E-state index contributed by atoms with van der Waals surface area (Å²) < 4.78 is 7.36. The molecule has 0 saturated carbocycles. The Bertz CT molecular complexity index is 1020. The summed E-state index contributed by atoms with van der Waals surface area (Å²) in [6.07, 6.45) is 3.54. The summed E-state index contributed by atoms with van der Waals surface area (Å²) in [5.74, 6) is 0.785. The molecule has 2 saturated heterocycles. The van der Waals surface area contributed by atoms with Crippen LogP contribution in [0.3, 0.4) is 0 Å². The molecule has 30 heavy (non-hydrogen) atoms. The quantitative estimate of drug-likeness (QED) is 0.731. The molecule has 0 aliphatic carbocycles. The zero-order chi connectivity index (χ0) is 21.6.